The molecule has 0 saturated carbocycles. The van der Waals surface area contributed by atoms with Gasteiger partial charge in [-0.2, -0.15) is 0 Å². The van der Waals surface area contributed by atoms with Crippen LogP contribution in [-0.4, -0.2) is 5.78 Å². The Morgan fingerprint density at radius 3 is 2.80 bits per heavy atom. The summed E-state index contributed by atoms with van der Waals surface area (Å²) in [6, 6.07) is 5.37. The Hall–Kier alpha value is -0.600. The van der Waals surface area contributed by atoms with Gasteiger partial charge in [0.15, 0.2) is 5.78 Å². The molecule has 15 heavy (non-hydrogen) atoms. The minimum atomic E-state index is 0.0741. The van der Waals surface area contributed by atoms with E-state index in [1.165, 1.54) is 0 Å². The fourth-order valence-corrected chi connectivity index (χ4v) is 2.48. The van der Waals surface area contributed by atoms with Gasteiger partial charge in [-0.25, -0.2) is 0 Å². The molecule has 0 saturated heterocycles. The van der Waals surface area contributed by atoms with Crippen LogP contribution in [0.5, 0.6) is 0 Å². The van der Waals surface area contributed by atoms with Gasteiger partial charge in [-0.3, -0.25) is 4.79 Å². The summed E-state index contributed by atoms with van der Waals surface area (Å²) in [5, 5.41) is 0.516. The van der Waals surface area contributed by atoms with Crippen molar-refractivity contribution in [1.29, 1.82) is 0 Å². The lowest BCUT2D eigenvalue weighted by molar-refractivity contribution is 0.103. The molecule has 3 heteroatoms. The Balaban J connectivity index is 2.33. The van der Waals surface area contributed by atoms with Gasteiger partial charge < -0.3 is 0 Å². The third-order valence-electron chi connectivity index (χ3n) is 2.51. The number of carbonyl (C=O) groups excluding carboxylic acids is 1. The Morgan fingerprint density at radius 1 is 1.40 bits per heavy atom. The highest BCUT2D eigenvalue weighted by Gasteiger charge is 2.17. The minimum absolute atomic E-state index is 0.0741. The quantitative estimate of drug-likeness (QED) is 0.736. The maximum atomic E-state index is 12.0. The maximum absolute atomic E-state index is 12.0. The van der Waals surface area contributed by atoms with E-state index < -0.39 is 0 Å². The summed E-state index contributed by atoms with van der Waals surface area (Å²) in [7, 11) is 0. The third-order valence-corrected chi connectivity index (χ3v) is 3.31. The summed E-state index contributed by atoms with van der Waals surface area (Å²) in [6.07, 6.45) is 4.98. The first-order valence-electron chi connectivity index (χ1n) is 4.87. The van der Waals surface area contributed by atoms with Crippen molar-refractivity contribution in [3.63, 3.8) is 0 Å². The molecule has 1 nitrogen and oxygen atoms in total. The molecule has 0 bridgehead atoms. The van der Waals surface area contributed by atoms with E-state index in [1.807, 2.05) is 12.1 Å². The molecule has 0 radical (unpaired) electrons. The number of hydrogen-bond acceptors (Lipinski definition) is 1. The molecule has 1 aromatic rings. The molecule has 0 N–H and O–H groups in total. The second-order valence-electron chi connectivity index (χ2n) is 3.57. The van der Waals surface area contributed by atoms with Crippen molar-refractivity contribution in [3.8, 4) is 0 Å². The lowest BCUT2D eigenvalue weighted by Crippen LogP contribution is -2.02. The Morgan fingerprint density at radius 2 is 2.20 bits per heavy atom. The topological polar surface area (TPSA) is 17.1 Å². The van der Waals surface area contributed by atoms with E-state index in [1.54, 1.807) is 12.1 Å². The predicted octanol–water partition coefficient (Wildman–Crippen LogP) is 4.40. The number of hydrogen-bond donors (Lipinski definition) is 0. The fourth-order valence-electron chi connectivity index (χ4n) is 1.72. The highest BCUT2D eigenvalue weighted by atomic mass is 79.9. The summed E-state index contributed by atoms with van der Waals surface area (Å²) >= 11 is 9.34. The third kappa shape index (κ3) is 2.32. The molecular weight excluding hydrogens is 275 g/mol. The van der Waals surface area contributed by atoms with Crippen molar-refractivity contribution in [3.05, 3.63) is 44.9 Å². The van der Waals surface area contributed by atoms with Gasteiger partial charge >= 0.3 is 0 Å². The number of ketones is 1. The van der Waals surface area contributed by atoms with Gasteiger partial charge in [0.2, 0.25) is 0 Å². The number of allylic oxidation sites excluding steroid dienone is 2. The molecule has 78 valence electrons. The summed E-state index contributed by atoms with van der Waals surface area (Å²) in [5.74, 6) is 0.0741. The van der Waals surface area contributed by atoms with Crippen molar-refractivity contribution in [2.24, 2.45) is 0 Å². The van der Waals surface area contributed by atoms with Crippen LogP contribution >= 0.6 is 27.5 Å². The lowest BCUT2D eigenvalue weighted by Gasteiger charge is -2.04. The van der Waals surface area contributed by atoms with Crippen molar-refractivity contribution in [2.45, 2.75) is 19.3 Å². The monoisotopic (exact) mass is 284 g/mol. The minimum Gasteiger partial charge on any atom is -0.289 e. The first-order valence-corrected chi connectivity index (χ1v) is 6.04. The van der Waals surface area contributed by atoms with Crippen molar-refractivity contribution >= 4 is 33.3 Å². The molecule has 0 amide bonds. The van der Waals surface area contributed by atoms with Gasteiger partial charge in [0.05, 0.1) is 5.02 Å². The SMILES string of the molecule is O=C(C1=CCCC1)c1ccc(Br)cc1Cl. The molecule has 0 unspecified atom stereocenters. The molecule has 0 atom stereocenters. The van der Waals surface area contributed by atoms with Gasteiger partial charge in [-0.15, -0.1) is 0 Å². The van der Waals surface area contributed by atoms with Crippen LogP contribution in [0.4, 0.5) is 0 Å². The molecule has 0 fully saturated rings. The predicted molar refractivity (Wildman–Crippen MR) is 65.4 cm³/mol. The summed E-state index contributed by atoms with van der Waals surface area (Å²) in [5.41, 5.74) is 1.51. The van der Waals surface area contributed by atoms with Crippen molar-refractivity contribution < 1.29 is 4.79 Å². The maximum Gasteiger partial charge on any atom is 0.190 e. The van der Waals surface area contributed by atoms with Gasteiger partial charge in [-0.1, -0.05) is 33.6 Å². The van der Waals surface area contributed by atoms with E-state index in [9.17, 15) is 4.79 Å². The second kappa shape index (κ2) is 4.50. The smallest absolute Gasteiger partial charge is 0.190 e. The van der Waals surface area contributed by atoms with E-state index in [0.29, 0.717) is 10.6 Å². The first-order chi connectivity index (χ1) is 7.18. The number of Topliss-reactive ketones (excluding diaryl/α,β-unsaturated/α-hetero) is 1. The Labute approximate surface area is 102 Å². The molecular formula is C12H10BrClO. The number of rotatable bonds is 2. The summed E-state index contributed by atoms with van der Waals surface area (Å²) < 4.78 is 0.893. The highest BCUT2D eigenvalue weighted by molar-refractivity contribution is 9.10. The zero-order chi connectivity index (χ0) is 10.8. The van der Waals surface area contributed by atoms with E-state index in [2.05, 4.69) is 15.9 Å². The molecule has 0 spiro atoms. The molecule has 1 aliphatic carbocycles. The normalized spacial score (nSPS) is 15.2. The molecule has 1 aromatic carbocycles. The van der Waals surface area contributed by atoms with Gasteiger partial charge in [0.1, 0.15) is 0 Å². The lowest BCUT2D eigenvalue weighted by atomic mass is 10.0. The molecule has 0 aromatic heterocycles. The van der Waals surface area contributed by atoms with E-state index >= 15 is 0 Å². The van der Waals surface area contributed by atoms with Crippen molar-refractivity contribution in [1.82, 2.24) is 0 Å². The molecule has 1 aliphatic rings. The van der Waals surface area contributed by atoms with Crippen LogP contribution in [0.15, 0.2) is 34.3 Å². The van der Waals surface area contributed by atoms with E-state index in [-0.39, 0.29) is 5.78 Å². The second-order valence-corrected chi connectivity index (χ2v) is 4.90. The average molecular weight is 286 g/mol. The molecule has 2 rings (SSSR count). The van der Waals surface area contributed by atoms with Crippen LogP contribution in [0.3, 0.4) is 0 Å². The van der Waals surface area contributed by atoms with E-state index in [0.717, 1.165) is 29.3 Å². The highest BCUT2D eigenvalue weighted by Crippen LogP contribution is 2.27. The standard InChI is InChI=1S/C12H10BrClO/c13-9-5-6-10(11(14)7-9)12(15)8-3-1-2-4-8/h3,5-7H,1-2,4H2. The number of benzene rings is 1. The van der Waals surface area contributed by atoms with Gasteiger partial charge in [0.25, 0.3) is 0 Å². The van der Waals surface area contributed by atoms with Crippen LogP contribution in [0, 0.1) is 0 Å². The van der Waals surface area contributed by atoms with Crippen LogP contribution in [0.25, 0.3) is 0 Å². The van der Waals surface area contributed by atoms with Crippen LogP contribution in [0.1, 0.15) is 29.6 Å². The van der Waals surface area contributed by atoms with Crippen LogP contribution in [-0.2, 0) is 0 Å². The van der Waals surface area contributed by atoms with Gasteiger partial charge in [0, 0.05) is 10.0 Å². The number of halogens is 2. The van der Waals surface area contributed by atoms with Crippen LogP contribution < -0.4 is 0 Å². The summed E-state index contributed by atoms with van der Waals surface area (Å²) in [6.45, 7) is 0. The Bertz CT molecular complexity index is 437. The largest absolute Gasteiger partial charge is 0.289 e. The fraction of sp³-hybridized carbons (Fsp3) is 0.250. The Kier molecular flexibility index (Phi) is 3.27. The first kappa shape index (κ1) is 10.9. The van der Waals surface area contributed by atoms with Crippen LogP contribution in [0.2, 0.25) is 5.02 Å². The zero-order valence-corrected chi connectivity index (χ0v) is 10.4. The number of carbonyl (C=O) groups is 1. The molecule has 0 aliphatic heterocycles. The average Bonchev–Trinajstić information content (AvgIpc) is 2.69. The van der Waals surface area contributed by atoms with Crippen molar-refractivity contribution in [2.75, 3.05) is 0 Å². The zero-order valence-electron chi connectivity index (χ0n) is 8.09. The van der Waals surface area contributed by atoms with Gasteiger partial charge in [-0.05, 0) is 43.0 Å². The van der Waals surface area contributed by atoms with E-state index in [4.69, 9.17) is 11.6 Å². The summed E-state index contributed by atoms with van der Waals surface area (Å²) in [4.78, 5) is 12.0. The molecule has 0 heterocycles.